The monoisotopic (exact) mass is 441 g/mol. The molecule has 4 rings (SSSR count). The Balaban J connectivity index is 1.60. The molecule has 2 N–H and O–H groups in total. The van der Waals surface area contributed by atoms with Gasteiger partial charge in [0.2, 0.25) is 0 Å². The molecule has 1 atom stereocenters. The van der Waals surface area contributed by atoms with Gasteiger partial charge in [-0.05, 0) is 12.1 Å². The van der Waals surface area contributed by atoms with Crippen LogP contribution in [0.25, 0.3) is 0 Å². The molecule has 1 aromatic heterocycles. The van der Waals surface area contributed by atoms with E-state index < -0.39 is 35.4 Å². The van der Waals surface area contributed by atoms with Crippen LogP contribution in [-0.4, -0.2) is 63.1 Å². The van der Waals surface area contributed by atoms with Crippen molar-refractivity contribution in [3.8, 4) is 0 Å². The largest absolute Gasteiger partial charge is 0.393 e. The second-order valence-electron chi connectivity index (χ2n) is 6.99. The number of anilines is 1. The summed E-state index contributed by atoms with van der Waals surface area (Å²) in [4.78, 5) is 32.1. The van der Waals surface area contributed by atoms with Crippen molar-refractivity contribution < 1.29 is 28.3 Å². The molecule has 2 aromatic rings. The van der Waals surface area contributed by atoms with E-state index in [4.69, 9.17) is 16.4 Å². The normalized spacial score (nSPS) is 18.7. The van der Waals surface area contributed by atoms with Crippen LogP contribution < -0.4 is 5.32 Å². The predicted octanol–water partition coefficient (Wildman–Crippen LogP) is 1.78. The Morgan fingerprint density at radius 2 is 2.20 bits per heavy atom. The number of hydroxylamine groups is 2. The predicted molar refractivity (Wildman–Crippen MR) is 101 cm³/mol. The first-order chi connectivity index (χ1) is 14.3. The number of nitrogens with one attached hydrogen (secondary N) is 1. The zero-order chi connectivity index (χ0) is 21.6. The Labute approximate surface area is 174 Å². The van der Waals surface area contributed by atoms with Crippen LogP contribution in [0.2, 0.25) is 5.02 Å². The van der Waals surface area contributed by atoms with Gasteiger partial charge in [-0.2, -0.15) is 5.10 Å². The molecule has 3 heterocycles. The number of urea groups is 1. The maximum absolute atomic E-state index is 14.1. The lowest BCUT2D eigenvalue weighted by molar-refractivity contribution is -0.159. The molecule has 9 nitrogen and oxygen atoms in total. The van der Waals surface area contributed by atoms with Gasteiger partial charge >= 0.3 is 6.03 Å². The Hall–Kier alpha value is -2.76. The highest BCUT2D eigenvalue weighted by atomic mass is 35.5. The zero-order valence-corrected chi connectivity index (χ0v) is 16.6. The highest BCUT2D eigenvalue weighted by Gasteiger charge is 2.35. The van der Waals surface area contributed by atoms with Crippen molar-refractivity contribution >= 4 is 29.2 Å². The Kier molecular flexibility index (Phi) is 5.35. The minimum Gasteiger partial charge on any atom is -0.393 e. The fourth-order valence-electron chi connectivity index (χ4n) is 3.54. The van der Waals surface area contributed by atoms with Crippen molar-refractivity contribution in [2.75, 3.05) is 25.5 Å². The molecular formula is C18H18ClF2N5O4. The van der Waals surface area contributed by atoms with Gasteiger partial charge in [0.25, 0.3) is 5.91 Å². The summed E-state index contributed by atoms with van der Waals surface area (Å²) in [5, 5.41) is 16.8. The molecule has 0 aliphatic carbocycles. The zero-order valence-electron chi connectivity index (χ0n) is 15.9. The van der Waals surface area contributed by atoms with Crippen molar-refractivity contribution in [3.05, 3.63) is 45.7 Å². The SMILES string of the molecule is CN1O[C@H](CO)Cn2nc3c(c2C1=O)CN(C(=O)Nc1c(F)ccc(Cl)c1F)CC3. The van der Waals surface area contributed by atoms with Gasteiger partial charge in [-0.25, -0.2) is 18.6 Å². The van der Waals surface area contributed by atoms with E-state index in [0.717, 1.165) is 17.2 Å². The summed E-state index contributed by atoms with van der Waals surface area (Å²) < 4.78 is 29.5. The third kappa shape index (κ3) is 3.48. The molecule has 30 heavy (non-hydrogen) atoms. The molecule has 0 fully saturated rings. The van der Waals surface area contributed by atoms with Crippen LogP contribution in [0.3, 0.4) is 0 Å². The number of amides is 3. The summed E-state index contributed by atoms with van der Waals surface area (Å²) in [5.74, 6) is -2.48. The van der Waals surface area contributed by atoms with E-state index in [1.165, 1.54) is 16.6 Å². The fraction of sp³-hybridized carbons (Fsp3) is 0.389. The molecule has 0 spiro atoms. The van der Waals surface area contributed by atoms with Crippen molar-refractivity contribution in [1.82, 2.24) is 19.7 Å². The number of nitrogens with zero attached hydrogens (tertiary/aromatic N) is 4. The summed E-state index contributed by atoms with van der Waals surface area (Å²) in [6, 6.07) is 1.28. The Bertz CT molecular complexity index is 1030. The second-order valence-corrected chi connectivity index (χ2v) is 7.40. The molecule has 0 saturated carbocycles. The van der Waals surface area contributed by atoms with Crippen molar-refractivity contribution in [2.24, 2.45) is 0 Å². The summed E-state index contributed by atoms with van der Waals surface area (Å²) in [7, 11) is 1.43. The van der Waals surface area contributed by atoms with Gasteiger partial charge in [-0.1, -0.05) is 11.6 Å². The van der Waals surface area contributed by atoms with Crippen molar-refractivity contribution in [3.63, 3.8) is 0 Å². The van der Waals surface area contributed by atoms with Crippen LogP contribution in [0.5, 0.6) is 0 Å². The molecule has 0 saturated heterocycles. The lowest BCUT2D eigenvalue weighted by atomic mass is 10.1. The van der Waals surface area contributed by atoms with Crippen molar-refractivity contribution in [1.29, 1.82) is 0 Å². The minimum atomic E-state index is -1.06. The van der Waals surface area contributed by atoms with Gasteiger partial charge in [0.05, 0.1) is 30.4 Å². The Morgan fingerprint density at radius 1 is 1.43 bits per heavy atom. The number of hydrogen-bond donors (Lipinski definition) is 2. The van der Waals surface area contributed by atoms with E-state index in [1.807, 2.05) is 0 Å². The smallest absolute Gasteiger partial charge is 0.322 e. The molecular weight excluding hydrogens is 424 g/mol. The minimum absolute atomic E-state index is 0.0175. The first-order valence-electron chi connectivity index (χ1n) is 9.13. The van der Waals surface area contributed by atoms with E-state index in [1.54, 1.807) is 0 Å². The number of carbonyl (C=O) groups is 2. The number of fused-ring (bicyclic) bond motifs is 3. The highest BCUT2D eigenvalue weighted by molar-refractivity contribution is 6.31. The first kappa shape index (κ1) is 20.5. The highest BCUT2D eigenvalue weighted by Crippen LogP contribution is 2.28. The first-order valence-corrected chi connectivity index (χ1v) is 9.51. The number of aromatic nitrogens is 2. The fourth-order valence-corrected chi connectivity index (χ4v) is 3.69. The van der Waals surface area contributed by atoms with E-state index in [-0.39, 0.29) is 37.0 Å². The molecule has 0 radical (unpaired) electrons. The topological polar surface area (TPSA) is 99.9 Å². The van der Waals surface area contributed by atoms with E-state index >= 15 is 0 Å². The van der Waals surface area contributed by atoms with Crippen LogP contribution in [0.1, 0.15) is 21.7 Å². The van der Waals surface area contributed by atoms with Crippen LogP contribution in [0.15, 0.2) is 12.1 Å². The maximum atomic E-state index is 14.1. The third-order valence-corrected chi connectivity index (χ3v) is 5.33. The van der Waals surface area contributed by atoms with Gasteiger partial charge in [0.15, 0.2) is 5.82 Å². The summed E-state index contributed by atoms with van der Waals surface area (Å²) in [5.41, 5.74) is 0.792. The van der Waals surface area contributed by atoms with E-state index in [2.05, 4.69) is 10.4 Å². The van der Waals surface area contributed by atoms with E-state index in [0.29, 0.717) is 17.7 Å². The maximum Gasteiger partial charge on any atom is 0.322 e. The quantitative estimate of drug-likeness (QED) is 0.692. The summed E-state index contributed by atoms with van der Waals surface area (Å²) in [6.45, 7) is 0.125. The second kappa shape index (κ2) is 7.82. The van der Waals surface area contributed by atoms with Gasteiger partial charge < -0.3 is 15.3 Å². The number of halogens is 3. The Morgan fingerprint density at radius 3 is 2.93 bits per heavy atom. The van der Waals surface area contributed by atoms with Crippen LogP contribution >= 0.6 is 11.6 Å². The molecule has 160 valence electrons. The summed E-state index contributed by atoms with van der Waals surface area (Å²) >= 11 is 5.67. The van der Waals surface area contributed by atoms with Crippen LogP contribution in [0.4, 0.5) is 19.3 Å². The van der Waals surface area contributed by atoms with Crippen molar-refractivity contribution in [2.45, 2.75) is 25.6 Å². The molecule has 2 aliphatic heterocycles. The number of aliphatic hydroxyl groups excluding tert-OH is 1. The van der Waals surface area contributed by atoms with Gasteiger partial charge in [-0.15, -0.1) is 0 Å². The number of benzene rings is 1. The van der Waals surface area contributed by atoms with Crippen LogP contribution in [0, 0.1) is 11.6 Å². The molecule has 0 unspecified atom stereocenters. The molecule has 3 amide bonds. The lowest BCUT2D eigenvalue weighted by Gasteiger charge is -2.27. The van der Waals surface area contributed by atoms with Gasteiger partial charge in [0, 0.05) is 25.6 Å². The summed E-state index contributed by atoms with van der Waals surface area (Å²) in [6.07, 6.45) is -0.292. The third-order valence-electron chi connectivity index (χ3n) is 5.04. The molecule has 12 heteroatoms. The number of rotatable bonds is 2. The van der Waals surface area contributed by atoms with Gasteiger partial charge in [0.1, 0.15) is 23.3 Å². The molecule has 1 aromatic carbocycles. The molecule has 0 bridgehead atoms. The van der Waals surface area contributed by atoms with E-state index in [9.17, 15) is 23.5 Å². The lowest BCUT2D eigenvalue weighted by Crippen LogP contribution is -2.40. The average molecular weight is 442 g/mol. The number of aliphatic hydroxyl groups is 1. The van der Waals surface area contributed by atoms with Crippen LogP contribution in [-0.2, 0) is 24.3 Å². The molecule has 2 aliphatic rings. The average Bonchev–Trinajstić information content (AvgIpc) is 3.03. The van der Waals surface area contributed by atoms with Gasteiger partial charge in [-0.3, -0.25) is 14.3 Å². The number of carbonyl (C=O) groups excluding carboxylic acids is 2. The number of hydrogen-bond acceptors (Lipinski definition) is 5. The standard InChI is InChI=1S/C18H18ClF2N5O4/c1-24-17(28)16-10-7-25(5-4-13(10)23-26(16)6-9(8-27)30-24)18(29)22-15-12(20)3-2-11(19)14(15)21/h2-3,9,27H,4-8H2,1H3,(H,22,29)/t9-/m0/s1.